The van der Waals surface area contributed by atoms with Gasteiger partial charge in [-0.1, -0.05) is 84.9 Å². The summed E-state index contributed by atoms with van der Waals surface area (Å²) in [7, 11) is 8.79. The third-order valence-corrected chi connectivity index (χ3v) is 27.2. The van der Waals surface area contributed by atoms with Crippen LogP contribution in [0.3, 0.4) is 0 Å². The summed E-state index contributed by atoms with van der Waals surface area (Å²) < 4.78 is 52.5. The number of nitrogens with zero attached hydrogens (tertiary/aromatic N) is 8. The Bertz CT molecular complexity index is 7360. The average molecular weight is 1880 g/mol. The van der Waals surface area contributed by atoms with Gasteiger partial charge in [0.2, 0.25) is 0 Å². The minimum atomic E-state index is -0.259. The predicted octanol–water partition coefficient (Wildman–Crippen LogP) is 18.6. The van der Waals surface area contributed by atoms with Crippen molar-refractivity contribution in [3.05, 3.63) is 416 Å². The lowest BCUT2D eigenvalue weighted by atomic mass is 9.82. The van der Waals surface area contributed by atoms with Gasteiger partial charge in [0.25, 0.3) is 27.8 Å². The number of hydrogen-bond donors (Lipinski definition) is 0. The number of benzene rings is 8. The highest BCUT2D eigenvalue weighted by molar-refractivity contribution is 7.09. The first kappa shape index (κ1) is 96.8. The first-order valence-corrected chi connectivity index (χ1v) is 47.4. The van der Waals surface area contributed by atoms with E-state index in [0.29, 0.717) is 141 Å². The van der Waals surface area contributed by atoms with Gasteiger partial charge in [-0.25, -0.2) is 18.7 Å². The molecule has 8 aromatic carbocycles. The molecule has 0 aliphatic heterocycles. The number of carbonyl (C=O) groups is 5. The molecule has 0 radical (unpaired) electrons. The minimum absolute atomic E-state index is 0.00236. The normalized spacial score (nSPS) is 13.4. The fraction of sp³-hybridized carbons (Fsp3) is 0.261. The van der Waals surface area contributed by atoms with Crippen molar-refractivity contribution >= 4 is 40.3 Å². The molecule has 7 heterocycles. The fourth-order valence-electron chi connectivity index (χ4n) is 19.3. The van der Waals surface area contributed by atoms with Crippen LogP contribution in [0.1, 0.15) is 165 Å². The van der Waals surface area contributed by atoms with E-state index in [2.05, 4.69) is 52.4 Å². The van der Waals surface area contributed by atoms with Gasteiger partial charge in [0.05, 0.1) is 11.6 Å². The van der Waals surface area contributed by atoms with Crippen LogP contribution >= 0.6 is 11.3 Å². The van der Waals surface area contributed by atoms with Crippen LogP contribution in [0, 0.1) is 57.6 Å². The SMILES string of the molecule is Cc1cc(-c2cc3c(c(OCc4cocn4)c2)CC(=O)CC3)cn(C)c1=O.Cc1cc(-c2cc3c(c(OCc4nccs4)c2)CC(=O)CC3)cn(C)c1=O.Cc1cc(-c2cc3c(cc2Cc2cccc(F)c2)CC(=O)CC3)cn(C)c1=O.Cc1cc(-c2ccc3c(c2Cc2ccc(C#N)cc2)CCC(=O)C3)cn(C)c1=O.Cc1cc(-c2ccc3c(c2Cc2cccc(F)c2)CCC(=O)C3)cn(C)c1=O. The maximum atomic E-state index is 13.8. The van der Waals surface area contributed by atoms with E-state index in [0.717, 1.165) is 159 Å². The second-order valence-electron chi connectivity index (χ2n) is 36.8. The molecule has 0 unspecified atom stereocenters. The van der Waals surface area contributed by atoms with Gasteiger partial charge in [0.15, 0.2) is 6.39 Å². The Kier molecular flexibility index (Phi) is 29.6. The van der Waals surface area contributed by atoms with Crippen LogP contribution in [-0.2, 0) is 156 Å². The number of ether oxygens (including phenoxy) is 2. The fourth-order valence-corrected chi connectivity index (χ4v) is 19.8. The van der Waals surface area contributed by atoms with E-state index >= 15 is 0 Å². The van der Waals surface area contributed by atoms with Crippen molar-refractivity contribution in [3.8, 4) is 73.2 Å². The summed E-state index contributed by atoms with van der Waals surface area (Å²) in [5, 5.41) is 11.9. The van der Waals surface area contributed by atoms with Crippen molar-refractivity contribution in [2.45, 2.75) is 163 Å². The number of ketones is 5. The van der Waals surface area contributed by atoms with E-state index in [9.17, 15) is 56.7 Å². The first-order chi connectivity index (χ1) is 66.8. The van der Waals surface area contributed by atoms with Crippen molar-refractivity contribution in [1.82, 2.24) is 32.8 Å². The number of carbonyl (C=O) groups excluding carboxylic acids is 5. The molecule has 0 spiro atoms. The number of nitriles is 1. The van der Waals surface area contributed by atoms with E-state index in [1.165, 1.54) is 47.0 Å². The number of rotatable bonds is 17. The number of fused-ring (bicyclic) bond motifs is 5. The predicted molar refractivity (Wildman–Crippen MR) is 534 cm³/mol. The van der Waals surface area contributed by atoms with Crippen molar-refractivity contribution in [2.24, 2.45) is 35.2 Å². The Hall–Kier alpha value is -15.4. The molecule has 139 heavy (non-hydrogen) atoms. The van der Waals surface area contributed by atoms with Crippen LogP contribution in [0.2, 0.25) is 0 Å². The zero-order valence-corrected chi connectivity index (χ0v) is 80.3. The number of hydrogen-bond acceptors (Lipinski definition) is 17. The molecule has 0 bridgehead atoms. The topological polar surface area (TPSA) is 277 Å². The molecule has 0 N–H and O–H groups in total. The molecule has 0 atom stereocenters. The van der Waals surface area contributed by atoms with Gasteiger partial charge in [-0.15, -0.1) is 11.3 Å². The van der Waals surface area contributed by atoms with Crippen LogP contribution in [0.25, 0.3) is 55.6 Å². The van der Waals surface area contributed by atoms with E-state index < -0.39 is 0 Å². The summed E-state index contributed by atoms with van der Waals surface area (Å²) >= 11 is 1.55. The molecule has 15 aromatic rings. The molecular weight excluding hydrogens is 1770 g/mol. The highest BCUT2D eigenvalue weighted by Crippen LogP contribution is 2.41. The van der Waals surface area contributed by atoms with Gasteiger partial charge in [0.1, 0.15) is 82.2 Å². The second kappa shape index (κ2) is 42.5. The summed E-state index contributed by atoms with van der Waals surface area (Å²) in [5.41, 5.74) is 32.1. The molecule has 20 rings (SSSR count). The van der Waals surface area contributed by atoms with Crippen LogP contribution in [0.15, 0.2) is 247 Å². The van der Waals surface area contributed by atoms with E-state index in [1.54, 1.807) is 99.9 Å². The highest BCUT2D eigenvalue weighted by atomic mass is 32.1. The van der Waals surface area contributed by atoms with Crippen molar-refractivity contribution < 1.29 is 46.6 Å². The third-order valence-electron chi connectivity index (χ3n) is 26.4. The van der Waals surface area contributed by atoms with Crippen LogP contribution in [-0.4, -0.2) is 61.7 Å². The number of thiazole rings is 1. The Morgan fingerprint density at radius 3 is 1.22 bits per heavy atom. The third kappa shape index (κ3) is 22.8. The molecule has 5 aliphatic rings. The van der Waals surface area contributed by atoms with Crippen molar-refractivity contribution in [1.29, 1.82) is 5.26 Å². The van der Waals surface area contributed by atoms with E-state index in [1.807, 2.05) is 162 Å². The highest BCUT2D eigenvalue weighted by Gasteiger charge is 2.29. The average Bonchev–Trinajstić information content (AvgIpc) is 1.24. The summed E-state index contributed by atoms with van der Waals surface area (Å²) in [6.07, 6.45) is 24.4. The molecule has 24 heteroatoms. The molecule has 704 valence electrons. The lowest BCUT2D eigenvalue weighted by molar-refractivity contribution is -0.119. The molecule has 0 amide bonds. The first-order valence-electron chi connectivity index (χ1n) is 46.5. The molecule has 7 aromatic heterocycles. The van der Waals surface area contributed by atoms with Crippen LogP contribution in [0.4, 0.5) is 8.78 Å². The Morgan fingerprint density at radius 1 is 0.374 bits per heavy atom. The summed E-state index contributed by atoms with van der Waals surface area (Å²) in [5.74, 6) is 2.17. The Labute approximate surface area is 807 Å². The Balaban J connectivity index is 0.000000125. The van der Waals surface area contributed by atoms with Crippen LogP contribution < -0.4 is 37.3 Å². The lowest BCUT2D eigenvalue weighted by Gasteiger charge is -2.23. The number of oxazole rings is 1. The standard InChI is InChI=1S/C25H22N2O2.2C24H22FNO2.C21H20N2O4.C21H20N2O3S/c1-16-11-20(15-27(2)25(16)29)23-9-7-19-13-21(28)8-10-22(19)24(23)12-17-3-5-18(14-26)6-4-17;1-15-10-18(14-26(2)24(15)28)22-8-6-17-13-20(27)7-9-21(17)23(22)12-16-4-3-5-19(25)11-16;1-15-8-20(14-26(2)24(15)28)23-13-17-6-7-22(27)12-18(17)11-19(23)9-16-4-3-5-21(25)10-16;1-13-5-16(9-23(2)21(13)25)15-6-14-3-4-18(24)8-19(14)20(7-15)27-11-17-10-26-12-22-17;1-13-7-16(11-23(2)21(13)25)15-8-14-3-4-17(24)10-18(14)19(9-15)26-12-20-22-5-6-27-20/h3-7,9,11,15H,8,10,12-13H2,1-2H3;3-6,8,10-11,14H,7,9,12-13H2,1-2H3;3-5,8,10-11,13-14H,6-7,9,12H2,1-2H3;5-7,9-10,12H,3-4,8,11H2,1-2H3;5-9,11H,3-4,10,12H2,1-2H3. The quantitative estimate of drug-likeness (QED) is 0.0819. The minimum Gasteiger partial charge on any atom is -0.487 e. The Morgan fingerprint density at radius 2 is 0.784 bits per heavy atom. The van der Waals surface area contributed by atoms with Gasteiger partial charge in [-0.2, -0.15) is 5.26 Å². The van der Waals surface area contributed by atoms with Crippen LogP contribution in [0.5, 0.6) is 11.5 Å². The van der Waals surface area contributed by atoms with E-state index in [-0.39, 0.29) is 75.0 Å². The zero-order chi connectivity index (χ0) is 98.1. The van der Waals surface area contributed by atoms with Crippen molar-refractivity contribution in [2.75, 3.05) is 0 Å². The number of Topliss-reactive ketones (excluding diaryl/α,β-unsaturated/α-hetero) is 5. The molecule has 21 nitrogen and oxygen atoms in total. The summed E-state index contributed by atoms with van der Waals surface area (Å²) in [4.78, 5) is 129. The van der Waals surface area contributed by atoms with Crippen molar-refractivity contribution in [3.63, 3.8) is 0 Å². The molecular formula is C115H106F2N8O13S. The smallest absolute Gasteiger partial charge is 0.253 e. The monoisotopic (exact) mass is 1880 g/mol. The lowest BCUT2D eigenvalue weighted by Crippen LogP contribution is -2.19. The maximum absolute atomic E-state index is 13.8. The number of aryl methyl sites for hydroxylation is 13. The van der Waals surface area contributed by atoms with Gasteiger partial charge in [-0.3, -0.25) is 47.9 Å². The van der Waals surface area contributed by atoms with E-state index in [4.69, 9.17) is 19.2 Å². The molecule has 0 saturated carbocycles. The number of pyridine rings is 5. The van der Waals surface area contributed by atoms with Gasteiger partial charge in [-0.05, 0) is 298 Å². The maximum Gasteiger partial charge on any atom is 0.253 e. The number of aromatic nitrogens is 7. The summed E-state index contributed by atoms with van der Waals surface area (Å²) in [6, 6.07) is 53.2. The number of halogens is 2. The molecule has 5 aliphatic carbocycles. The molecule has 0 fully saturated rings. The molecule has 0 saturated heterocycles. The van der Waals surface area contributed by atoms with Gasteiger partial charge >= 0.3 is 0 Å². The van der Waals surface area contributed by atoms with Gasteiger partial charge in [0, 0.05) is 181 Å². The summed E-state index contributed by atoms with van der Waals surface area (Å²) in [6.45, 7) is 9.75. The largest absolute Gasteiger partial charge is 0.487 e. The zero-order valence-electron chi connectivity index (χ0n) is 79.5. The van der Waals surface area contributed by atoms with Gasteiger partial charge < -0.3 is 36.7 Å². The second-order valence-corrected chi connectivity index (χ2v) is 37.7.